The van der Waals surface area contributed by atoms with Crippen LogP contribution in [0.15, 0.2) is 0 Å². The maximum atomic E-state index is 11.7. The van der Waals surface area contributed by atoms with Crippen molar-refractivity contribution in [2.75, 3.05) is 18.1 Å². The third-order valence-corrected chi connectivity index (χ3v) is 3.93. The largest absolute Gasteiger partial charge is 0.465 e. The zero-order chi connectivity index (χ0) is 14.6. The second-order valence-electron chi connectivity index (χ2n) is 3.99. The molecule has 0 N–H and O–H groups in total. The molecule has 1 aromatic heterocycles. The number of ether oxygens (including phenoxy) is 1. The second kappa shape index (κ2) is 6.34. The molecule has 0 aromatic carbocycles. The van der Waals surface area contributed by atoms with Crippen molar-refractivity contribution >= 4 is 28.2 Å². The number of hydrogen-bond donors (Lipinski definition) is 0. The third kappa shape index (κ3) is 3.32. The number of aryl methyl sites for hydroxylation is 1. The van der Waals surface area contributed by atoms with Crippen molar-refractivity contribution in [2.24, 2.45) is 0 Å². The summed E-state index contributed by atoms with van der Waals surface area (Å²) in [7, 11) is 0. The van der Waals surface area contributed by atoms with Crippen LogP contribution in [0.3, 0.4) is 0 Å². The van der Waals surface area contributed by atoms with E-state index in [1.807, 2.05) is 13.8 Å². The van der Waals surface area contributed by atoms with Crippen LogP contribution in [0.25, 0.3) is 0 Å². The van der Waals surface area contributed by atoms with Crippen LogP contribution in [0.1, 0.15) is 29.9 Å². The lowest BCUT2D eigenvalue weighted by atomic mass is 10.2. The molecule has 1 rings (SSSR count). The molecule has 5 nitrogen and oxygen atoms in total. The molecule has 0 aliphatic heterocycles. The topological polar surface area (TPSA) is 70.4 Å². The molecule has 0 aliphatic rings. The monoisotopic (exact) mass is 280 g/mol. The SMILES string of the molecule is CCOC(=O)CN(C(C)=O)c1sc(C)c(C)c1C#N. The van der Waals surface area contributed by atoms with E-state index in [1.54, 1.807) is 6.92 Å². The molecule has 0 atom stereocenters. The Labute approximate surface area is 116 Å². The van der Waals surface area contributed by atoms with Crippen LogP contribution in [0.5, 0.6) is 0 Å². The number of esters is 1. The van der Waals surface area contributed by atoms with Crippen LogP contribution in [-0.2, 0) is 14.3 Å². The van der Waals surface area contributed by atoms with Gasteiger partial charge in [0.05, 0.1) is 12.2 Å². The first-order chi connectivity index (χ1) is 8.92. The predicted octanol–water partition coefficient (Wildman–Crippen LogP) is 2.15. The molecule has 19 heavy (non-hydrogen) atoms. The number of nitriles is 1. The number of amides is 1. The van der Waals surface area contributed by atoms with E-state index in [-0.39, 0.29) is 19.1 Å². The number of anilines is 1. The summed E-state index contributed by atoms with van der Waals surface area (Å²) < 4.78 is 4.84. The average Bonchev–Trinajstić information content (AvgIpc) is 2.62. The molecule has 1 amide bonds. The van der Waals surface area contributed by atoms with Gasteiger partial charge in [0.25, 0.3) is 0 Å². The highest BCUT2D eigenvalue weighted by molar-refractivity contribution is 7.16. The van der Waals surface area contributed by atoms with Gasteiger partial charge in [0.2, 0.25) is 5.91 Å². The second-order valence-corrected chi connectivity index (χ2v) is 5.19. The van der Waals surface area contributed by atoms with Crippen molar-refractivity contribution in [3.63, 3.8) is 0 Å². The number of nitrogens with zero attached hydrogens (tertiary/aromatic N) is 2. The summed E-state index contributed by atoms with van der Waals surface area (Å²) >= 11 is 1.34. The van der Waals surface area contributed by atoms with Crippen LogP contribution in [0.4, 0.5) is 5.00 Å². The number of thiophene rings is 1. The molecule has 0 fully saturated rings. The highest BCUT2D eigenvalue weighted by Gasteiger charge is 2.23. The highest BCUT2D eigenvalue weighted by Crippen LogP contribution is 2.34. The Balaban J connectivity index is 3.14. The van der Waals surface area contributed by atoms with E-state index in [0.717, 1.165) is 10.4 Å². The van der Waals surface area contributed by atoms with Gasteiger partial charge in [-0.2, -0.15) is 5.26 Å². The summed E-state index contributed by atoms with van der Waals surface area (Å²) in [5.41, 5.74) is 1.29. The van der Waals surface area contributed by atoms with Crippen molar-refractivity contribution < 1.29 is 14.3 Å². The molecule has 0 saturated heterocycles. The molecule has 1 aromatic rings. The molecule has 0 radical (unpaired) electrons. The first kappa shape index (κ1) is 15.2. The third-order valence-electron chi connectivity index (χ3n) is 2.70. The van der Waals surface area contributed by atoms with Gasteiger partial charge in [0.15, 0.2) is 0 Å². The number of hydrogen-bond acceptors (Lipinski definition) is 5. The van der Waals surface area contributed by atoms with Gasteiger partial charge in [-0.1, -0.05) is 0 Å². The van der Waals surface area contributed by atoms with Gasteiger partial charge in [0, 0.05) is 11.8 Å². The lowest BCUT2D eigenvalue weighted by Crippen LogP contribution is -2.34. The molecule has 6 heteroatoms. The van der Waals surface area contributed by atoms with Gasteiger partial charge in [-0.05, 0) is 26.3 Å². The lowest BCUT2D eigenvalue weighted by molar-refractivity contribution is -0.142. The zero-order valence-corrected chi connectivity index (χ0v) is 12.3. The van der Waals surface area contributed by atoms with Gasteiger partial charge in [-0.25, -0.2) is 0 Å². The lowest BCUT2D eigenvalue weighted by Gasteiger charge is -2.18. The summed E-state index contributed by atoms with van der Waals surface area (Å²) in [4.78, 5) is 25.5. The fourth-order valence-corrected chi connectivity index (χ4v) is 2.74. The van der Waals surface area contributed by atoms with Crippen molar-refractivity contribution in [3.05, 3.63) is 16.0 Å². The van der Waals surface area contributed by atoms with Crippen LogP contribution in [-0.4, -0.2) is 25.0 Å². The highest BCUT2D eigenvalue weighted by atomic mass is 32.1. The Hall–Kier alpha value is -1.87. The van der Waals surface area contributed by atoms with Crippen molar-refractivity contribution in [3.8, 4) is 6.07 Å². The van der Waals surface area contributed by atoms with E-state index < -0.39 is 5.97 Å². The molecular weight excluding hydrogens is 264 g/mol. The van der Waals surface area contributed by atoms with E-state index in [2.05, 4.69) is 6.07 Å². The summed E-state index contributed by atoms with van der Waals surface area (Å²) in [6.45, 7) is 6.87. The summed E-state index contributed by atoms with van der Waals surface area (Å²) in [6.07, 6.45) is 0. The molecule has 102 valence electrons. The first-order valence-electron chi connectivity index (χ1n) is 5.86. The van der Waals surface area contributed by atoms with Gasteiger partial charge in [-0.15, -0.1) is 11.3 Å². The molecule has 1 heterocycles. The Kier molecular flexibility index (Phi) is 5.07. The van der Waals surface area contributed by atoms with E-state index >= 15 is 0 Å². The summed E-state index contributed by atoms with van der Waals surface area (Å²) in [6, 6.07) is 2.09. The molecule has 0 aliphatic carbocycles. The van der Waals surface area contributed by atoms with E-state index in [1.165, 1.54) is 23.2 Å². The Morgan fingerprint density at radius 2 is 2.05 bits per heavy atom. The first-order valence-corrected chi connectivity index (χ1v) is 6.67. The van der Waals surface area contributed by atoms with Crippen LogP contribution < -0.4 is 4.90 Å². The number of carbonyl (C=O) groups excluding carboxylic acids is 2. The summed E-state index contributed by atoms with van der Waals surface area (Å²) in [5, 5.41) is 9.70. The smallest absolute Gasteiger partial charge is 0.326 e. The zero-order valence-electron chi connectivity index (χ0n) is 11.4. The molecule has 0 saturated carbocycles. The Morgan fingerprint density at radius 3 is 2.53 bits per heavy atom. The Morgan fingerprint density at radius 1 is 1.42 bits per heavy atom. The molecule has 0 bridgehead atoms. The van der Waals surface area contributed by atoms with Gasteiger partial charge < -0.3 is 4.74 Å². The maximum Gasteiger partial charge on any atom is 0.326 e. The normalized spacial score (nSPS) is 9.84. The van der Waals surface area contributed by atoms with E-state index in [0.29, 0.717) is 10.6 Å². The summed E-state index contributed by atoms with van der Waals surface area (Å²) in [5.74, 6) is -0.768. The molecule has 0 spiro atoms. The van der Waals surface area contributed by atoms with Crippen LogP contribution in [0, 0.1) is 25.2 Å². The minimum atomic E-state index is -0.481. The van der Waals surface area contributed by atoms with Crippen LogP contribution in [0.2, 0.25) is 0 Å². The maximum absolute atomic E-state index is 11.7. The van der Waals surface area contributed by atoms with E-state index in [9.17, 15) is 14.9 Å². The minimum absolute atomic E-state index is 0.169. The van der Waals surface area contributed by atoms with Crippen molar-refractivity contribution in [1.29, 1.82) is 5.26 Å². The van der Waals surface area contributed by atoms with Gasteiger partial charge in [-0.3, -0.25) is 14.5 Å². The molecular formula is C13H16N2O3S. The van der Waals surface area contributed by atoms with Gasteiger partial charge >= 0.3 is 5.97 Å². The fourth-order valence-electron chi connectivity index (χ4n) is 1.59. The van der Waals surface area contributed by atoms with E-state index in [4.69, 9.17) is 4.74 Å². The average molecular weight is 280 g/mol. The standard InChI is InChI=1S/C13H16N2O3S/c1-5-18-12(17)7-15(10(4)16)13-11(6-14)8(2)9(3)19-13/h5,7H2,1-4H3. The van der Waals surface area contributed by atoms with Crippen molar-refractivity contribution in [1.82, 2.24) is 0 Å². The Bertz CT molecular complexity index is 543. The predicted molar refractivity (Wildman–Crippen MR) is 73.2 cm³/mol. The number of rotatable bonds is 4. The number of carbonyl (C=O) groups is 2. The van der Waals surface area contributed by atoms with Crippen molar-refractivity contribution in [2.45, 2.75) is 27.7 Å². The van der Waals surface area contributed by atoms with Crippen LogP contribution >= 0.6 is 11.3 Å². The minimum Gasteiger partial charge on any atom is -0.465 e. The van der Waals surface area contributed by atoms with Gasteiger partial charge in [0.1, 0.15) is 17.6 Å². The quantitative estimate of drug-likeness (QED) is 0.792. The molecule has 0 unspecified atom stereocenters. The fraction of sp³-hybridized carbons (Fsp3) is 0.462.